The minimum atomic E-state index is -0.399. The first-order valence-electron chi connectivity index (χ1n) is 9.28. The van der Waals surface area contributed by atoms with Gasteiger partial charge in [0.15, 0.2) is 5.76 Å². The molecule has 8 nitrogen and oxygen atoms in total. The standard InChI is InChI=1S/C22H21N5O3/c1-14(16-12-11-15-7-4-5-8-17(15)13-16)21(30-23)20-18(9-6-10-19(20)29-3)27-22(28)26(2)24-25-27/h4-13H,23H2,1-3H3/b21-14+. The molecule has 1 aromatic heterocycles. The maximum Gasteiger partial charge on any atom is 0.368 e. The van der Waals surface area contributed by atoms with E-state index in [2.05, 4.69) is 22.6 Å². The molecule has 2 N–H and O–H groups in total. The number of hydrogen-bond donors (Lipinski definition) is 1. The highest BCUT2D eigenvalue weighted by molar-refractivity contribution is 5.94. The van der Waals surface area contributed by atoms with E-state index in [1.54, 1.807) is 25.3 Å². The summed E-state index contributed by atoms with van der Waals surface area (Å²) in [6, 6.07) is 19.5. The van der Waals surface area contributed by atoms with E-state index in [4.69, 9.17) is 15.5 Å². The van der Waals surface area contributed by atoms with Crippen LogP contribution in [0.5, 0.6) is 5.75 Å². The van der Waals surface area contributed by atoms with Crippen molar-refractivity contribution in [2.75, 3.05) is 7.11 Å². The third-order valence-electron chi connectivity index (χ3n) is 5.04. The van der Waals surface area contributed by atoms with Crippen molar-refractivity contribution in [3.05, 3.63) is 82.3 Å². The van der Waals surface area contributed by atoms with Crippen molar-refractivity contribution in [1.29, 1.82) is 0 Å². The second kappa shape index (κ2) is 7.84. The molecular weight excluding hydrogens is 382 g/mol. The Hall–Kier alpha value is -3.91. The molecule has 0 spiro atoms. The zero-order valence-electron chi connectivity index (χ0n) is 16.9. The van der Waals surface area contributed by atoms with E-state index in [1.807, 2.05) is 37.3 Å². The summed E-state index contributed by atoms with van der Waals surface area (Å²) in [4.78, 5) is 17.8. The smallest absolute Gasteiger partial charge is 0.368 e. The summed E-state index contributed by atoms with van der Waals surface area (Å²) < 4.78 is 7.88. The molecule has 0 saturated heterocycles. The maximum atomic E-state index is 12.5. The van der Waals surface area contributed by atoms with Gasteiger partial charge in [0.2, 0.25) is 0 Å². The predicted octanol–water partition coefficient (Wildman–Crippen LogP) is 2.91. The minimum absolute atomic E-state index is 0.371. The zero-order valence-corrected chi connectivity index (χ0v) is 16.9. The van der Waals surface area contributed by atoms with E-state index in [0.29, 0.717) is 22.8 Å². The number of methoxy groups -OCH3 is 1. The van der Waals surface area contributed by atoms with E-state index in [-0.39, 0.29) is 0 Å². The van der Waals surface area contributed by atoms with Gasteiger partial charge in [-0.2, -0.15) is 15.3 Å². The minimum Gasteiger partial charge on any atom is -0.496 e. The number of nitrogens with zero attached hydrogens (tertiary/aromatic N) is 4. The van der Waals surface area contributed by atoms with E-state index in [9.17, 15) is 4.79 Å². The molecule has 0 radical (unpaired) electrons. The number of benzene rings is 3. The molecule has 3 aromatic carbocycles. The van der Waals surface area contributed by atoms with Crippen molar-refractivity contribution >= 4 is 22.1 Å². The summed E-state index contributed by atoms with van der Waals surface area (Å²) >= 11 is 0. The third-order valence-corrected chi connectivity index (χ3v) is 5.04. The maximum absolute atomic E-state index is 12.5. The van der Waals surface area contributed by atoms with Crippen LogP contribution in [-0.2, 0) is 11.9 Å². The monoisotopic (exact) mass is 403 g/mol. The molecule has 1 heterocycles. The number of rotatable bonds is 5. The number of aryl methyl sites for hydroxylation is 1. The van der Waals surface area contributed by atoms with Gasteiger partial charge in [-0.25, -0.2) is 4.79 Å². The number of nitrogens with two attached hydrogens (primary N) is 1. The van der Waals surface area contributed by atoms with Gasteiger partial charge in [-0.3, -0.25) is 0 Å². The first-order valence-corrected chi connectivity index (χ1v) is 9.28. The Morgan fingerprint density at radius 1 is 1.00 bits per heavy atom. The normalized spacial score (nSPS) is 12.0. The van der Waals surface area contributed by atoms with Crippen molar-refractivity contribution in [2.24, 2.45) is 12.9 Å². The zero-order chi connectivity index (χ0) is 21.3. The summed E-state index contributed by atoms with van der Waals surface area (Å²) in [6.07, 6.45) is 0. The lowest BCUT2D eigenvalue weighted by Gasteiger charge is -2.17. The summed E-state index contributed by atoms with van der Waals surface area (Å²) in [5.74, 6) is 6.59. The molecule has 8 heteroatoms. The Balaban J connectivity index is 1.98. The fourth-order valence-corrected chi connectivity index (χ4v) is 3.45. The van der Waals surface area contributed by atoms with Gasteiger partial charge in [-0.05, 0) is 51.9 Å². The van der Waals surface area contributed by atoms with Gasteiger partial charge in [-0.1, -0.05) is 42.5 Å². The Morgan fingerprint density at radius 3 is 2.43 bits per heavy atom. The largest absolute Gasteiger partial charge is 0.496 e. The second-order valence-electron chi connectivity index (χ2n) is 6.79. The van der Waals surface area contributed by atoms with Gasteiger partial charge in [0.25, 0.3) is 0 Å². The molecule has 4 rings (SSSR count). The van der Waals surface area contributed by atoms with Crippen LogP contribution in [0.3, 0.4) is 0 Å². The van der Waals surface area contributed by atoms with Crippen molar-refractivity contribution < 1.29 is 9.57 Å². The fourth-order valence-electron chi connectivity index (χ4n) is 3.45. The quantitative estimate of drug-likeness (QED) is 0.313. The van der Waals surface area contributed by atoms with Gasteiger partial charge in [0, 0.05) is 12.6 Å². The van der Waals surface area contributed by atoms with Crippen molar-refractivity contribution in [3.8, 4) is 11.4 Å². The van der Waals surface area contributed by atoms with E-state index >= 15 is 0 Å². The fraction of sp³-hybridized carbons (Fsp3) is 0.136. The molecule has 0 aliphatic heterocycles. The molecule has 0 bridgehead atoms. The van der Waals surface area contributed by atoms with Crippen LogP contribution in [0.2, 0.25) is 0 Å². The number of tetrazole rings is 1. The topological polar surface area (TPSA) is 97.2 Å². The molecule has 152 valence electrons. The lowest BCUT2D eigenvalue weighted by molar-refractivity contribution is 0.289. The molecule has 0 fully saturated rings. The summed E-state index contributed by atoms with van der Waals surface area (Å²) in [6.45, 7) is 1.90. The van der Waals surface area contributed by atoms with Crippen LogP contribution in [0.1, 0.15) is 18.1 Å². The molecule has 0 atom stereocenters. The Morgan fingerprint density at radius 2 is 1.77 bits per heavy atom. The molecule has 0 saturated carbocycles. The average molecular weight is 403 g/mol. The Kier molecular flexibility index (Phi) is 5.07. The van der Waals surface area contributed by atoms with Crippen molar-refractivity contribution in [3.63, 3.8) is 0 Å². The summed E-state index contributed by atoms with van der Waals surface area (Å²) in [7, 11) is 3.07. The molecular formula is C22H21N5O3. The lowest BCUT2D eigenvalue weighted by atomic mass is 9.98. The number of allylic oxidation sites excluding steroid dienone is 1. The number of aromatic nitrogens is 4. The van der Waals surface area contributed by atoms with Gasteiger partial charge in [0.05, 0.1) is 18.4 Å². The highest BCUT2D eigenvalue weighted by Gasteiger charge is 2.22. The first kappa shape index (κ1) is 19.4. The van der Waals surface area contributed by atoms with Crippen molar-refractivity contribution in [1.82, 2.24) is 19.8 Å². The lowest BCUT2D eigenvalue weighted by Crippen LogP contribution is -2.23. The van der Waals surface area contributed by atoms with Crippen molar-refractivity contribution in [2.45, 2.75) is 6.92 Å². The van der Waals surface area contributed by atoms with E-state index < -0.39 is 5.69 Å². The number of fused-ring (bicyclic) bond motifs is 1. The third kappa shape index (κ3) is 3.23. The number of ether oxygens (including phenoxy) is 1. The highest BCUT2D eigenvalue weighted by atomic mass is 16.6. The van der Waals surface area contributed by atoms with Gasteiger partial charge < -0.3 is 9.57 Å². The molecule has 4 aromatic rings. The SMILES string of the molecule is COc1cccc(-n2nnn(C)c2=O)c1/C(ON)=C(/C)c1ccc2ccccc2c1. The molecule has 0 aliphatic carbocycles. The Bertz CT molecular complexity index is 1320. The molecule has 0 amide bonds. The highest BCUT2D eigenvalue weighted by Crippen LogP contribution is 2.36. The number of hydrogen-bond acceptors (Lipinski definition) is 6. The molecule has 0 unspecified atom stereocenters. The molecule has 30 heavy (non-hydrogen) atoms. The van der Waals surface area contributed by atoms with E-state index in [1.165, 1.54) is 11.7 Å². The molecule has 0 aliphatic rings. The Labute approximate surface area is 172 Å². The predicted molar refractivity (Wildman–Crippen MR) is 115 cm³/mol. The van der Waals surface area contributed by atoms with Crippen LogP contribution in [0.4, 0.5) is 0 Å². The van der Waals surface area contributed by atoms with E-state index in [0.717, 1.165) is 26.6 Å². The van der Waals surface area contributed by atoms with Gasteiger partial charge >= 0.3 is 5.69 Å². The van der Waals surface area contributed by atoms with Crippen LogP contribution in [-0.4, -0.2) is 26.9 Å². The average Bonchev–Trinajstić information content (AvgIpc) is 3.12. The van der Waals surface area contributed by atoms with Crippen LogP contribution in [0.15, 0.2) is 65.5 Å². The first-order chi connectivity index (χ1) is 14.5. The van der Waals surface area contributed by atoms with Crippen LogP contribution >= 0.6 is 0 Å². The summed E-state index contributed by atoms with van der Waals surface area (Å²) in [5, 5.41) is 9.98. The van der Waals surface area contributed by atoms with Crippen LogP contribution < -0.4 is 16.3 Å². The van der Waals surface area contributed by atoms with Crippen LogP contribution in [0, 0.1) is 0 Å². The summed E-state index contributed by atoms with van der Waals surface area (Å²) in [5.41, 5.74) is 2.27. The van der Waals surface area contributed by atoms with Crippen LogP contribution in [0.25, 0.3) is 27.8 Å². The second-order valence-corrected chi connectivity index (χ2v) is 6.79. The van der Waals surface area contributed by atoms with Gasteiger partial charge in [0.1, 0.15) is 5.75 Å². The van der Waals surface area contributed by atoms with Gasteiger partial charge in [-0.15, -0.1) is 0 Å².